The zero-order valence-corrected chi connectivity index (χ0v) is 18.2. The van der Waals surface area contributed by atoms with Gasteiger partial charge in [0.1, 0.15) is 0 Å². The van der Waals surface area contributed by atoms with Gasteiger partial charge in [-0.15, -0.1) is 0 Å². The fourth-order valence-corrected chi connectivity index (χ4v) is 5.34. The zero-order chi connectivity index (χ0) is 21.8. The molecule has 1 aromatic heterocycles. The second kappa shape index (κ2) is 7.44. The predicted molar refractivity (Wildman–Crippen MR) is 119 cm³/mol. The summed E-state index contributed by atoms with van der Waals surface area (Å²) in [7, 11) is -3.83. The standard InChI is InChI=1S/C23H20ClN3O3S/c24-20-12-16-10-17(9-15(16)11-19(20)21-3-1-2-7-26-21)23(28)27-8-6-14-4-5-18(13-22(14)27)31(25,29)30/h1-5,7,11-13,17H,6,8-10H2,(H2,25,29,30). The molecule has 0 saturated heterocycles. The van der Waals surface area contributed by atoms with Crippen molar-refractivity contribution < 1.29 is 13.2 Å². The number of hydrogen-bond acceptors (Lipinski definition) is 4. The van der Waals surface area contributed by atoms with Gasteiger partial charge < -0.3 is 4.90 Å². The molecule has 2 N–H and O–H groups in total. The minimum Gasteiger partial charge on any atom is -0.312 e. The third-order valence-electron chi connectivity index (χ3n) is 6.06. The number of aromatic nitrogens is 1. The van der Waals surface area contributed by atoms with E-state index in [1.165, 1.54) is 12.1 Å². The summed E-state index contributed by atoms with van der Waals surface area (Å²) in [5, 5.41) is 5.90. The number of pyridine rings is 1. The van der Waals surface area contributed by atoms with Gasteiger partial charge in [-0.25, -0.2) is 13.6 Å². The van der Waals surface area contributed by atoms with E-state index in [0.29, 0.717) is 36.5 Å². The molecule has 0 fully saturated rings. The number of benzene rings is 2. The van der Waals surface area contributed by atoms with Crippen molar-refractivity contribution in [3.63, 3.8) is 0 Å². The predicted octanol–water partition coefficient (Wildman–Crippen LogP) is 3.35. The maximum absolute atomic E-state index is 13.4. The molecule has 2 aromatic carbocycles. The molecule has 158 valence electrons. The molecule has 1 aliphatic heterocycles. The number of halogens is 1. The number of nitrogens with zero attached hydrogens (tertiary/aromatic N) is 2. The summed E-state index contributed by atoms with van der Waals surface area (Å²) in [5.41, 5.74) is 5.42. The Balaban J connectivity index is 1.42. The van der Waals surface area contributed by atoms with Crippen LogP contribution in [0.1, 0.15) is 16.7 Å². The zero-order valence-electron chi connectivity index (χ0n) is 16.6. The molecule has 2 heterocycles. The highest BCUT2D eigenvalue weighted by molar-refractivity contribution is 7.89. The molecular formula is C23H20ClN3O3S. The van der Waals surface area contributed by atoms with Gasteiger partial charge in [0.05, 0.1) is 15.6 Å². The molecule has 1 aliphatic carbocycles. The largest absolute Gasteiger partial charge is 0.312 e. The van der Waals surface area contributed by atoms with Crippen LogP contribution in [-0.4, -0.2) is 25.9 Å². The molecule has 31 heavy (non-hydrogen) atoms. The number of nitrogens with two attached hydrogens (primary N) is 1. The molecule has 0 saturated carbocycles. The van der Waals surface area contributed by atoms with Crippen LogP contribution in [0.2, 0.25) is 5.02 Å². The van der Waals surface area contributed by atoms with Gasteiger partial charge in [0.15, 0.2) is 0 Å². The third-order valence-corrected chi connectivity index (χ3v) is 7.28. The van der Waals surface area contributed by atoms with E-state index in [2.05, 4.69) is 4.98 Å². The molecular weight excluding hydrogens is 434 g/mol. The van der Waals surface area contributed by atoms with Crippen LogP contribution in [0.5, 0.6) is 0 Å². The van der Waals surface area contributed by atoms with Crippen LogP contribution in [0.3, 0.4) is 0 Å². The van der Waals surface area contributed by atoms with Crippen molar-refractivity contribution in [3.8, 4) is 11.3 Å². The second-order valence-corrected chi connectivity index (χ2v) is 9.96. The molecule has 6 nitrogen and oxygen atoms in total. The fraction of sp³-hybridized carbons (Fsp3) is 0.217. The molecule has 1 amide bonds. The first-order chi connectivity index (χ1) is 14.8. The van der Waals surface area contributed by atoms with Crippen LogP contribution in [0.4, 0.5) is 5.69 Å². The molecule has 0 radical (unpaired) electrons. The Hall–Kier alpha value is -2.74. The van der Waals surface area contributed by atoms with Crippen LogP contribution in [0.15, 0.2) is 59.6 Å². The van der Waals surface area contributed by atoms with Gasteiger partial charge >= 0.3 is 0 Å². The lowest BCUT2D eigenvalue weighted by atomic mass is 10.0. The highest BCUT2D eigenvalue weighted by Gasteiger charge is 2.35. The van der Waals surface area contributed by atoms with Gasteiger partial charge in [-0.1, -0.05) is 23.7 Å². The Labute approximate surface area is 185 Å². The van der Waals surface area contributed by atoms with Crippen molar-refractivity contribution in [2.24, 2.45) is 11.1 Å². The third kappa shape index (κ3) is 3.63. The molecule has 3 aromatic rings. The number of carbonyl (C=O) groups is 1. The molecule has 5 rings (SSSR count). The van der Waals surface area contributed by atoms with Crippen molar-refractivity contribution in [2.75, 3.05) is 11.4 Å². The lowest BCUT2D eigenvalue weighted by Gasteiger charge is -2.21. The Bertz CT molecular complexity index is 1310. The van der Waals surface area contributed by atoms with Gasteiger partial charge in [0.25, 0.3) is 0 Å². The SMILES string of the molecule is NS(=O)(=O)c1ccc2c(c1)N(C(=O)C1Cc3cc(Cl)c(-c4ccccn4)cc3C1)CC2. The number of fused-ring (bicyclic) bond motifs is 2. The van der Waals surface area contributed by atoms with Gasteiger partial charge in [-0.2, -0.15) is 0 Å². The lowest BCUT2D eigenvalue weighted by Crippen LogP contribution is -2.35. The van der Waals surface area contributed by atoms with E-state index < -0.39 is 10.0 Å². The quantitative estimate of drug-likeness (QED) is 0.658. The van der Waals surface area contributed by atoms with Gasteiger partial charge in [0.2, 0.25) is 15.9 Å². The number of sulfonamides is 1. The number of hydrogen-bond donors (Lipinski definition) is 1. The summed E-state index contributed by atoms with van der Waals surface area (Å²) >= 11 is 6.52. The van der Waals surface area contributed by atoms with Crippen LogP contribution in [0.25, 0.3) is 11.3 Å². The van der Waals surface area contributed by atoms with E-state index in [0.717, 1.165) is 27.9 Å². The topological polar surface area (TPSA) is 93.4 Å². The Kier molecular flexibility index (Phi) is 4.84. The maximum atomic E-state index is 13.4. The second-order valence-electron chi connectivity index (χ2n) is 8.00. The highest BCUT2D eigenvalue weighted by Crippen LogP contribution is 2.38. The first-order valence-electron chi connectivity index (χ1n) is 10.0. The summed E-state index contributed by atoms with van der Waals surface area (Å²) in [5.74, 6) is -0.217. The molecule has 1 atom stereocenters. The summed E-state index contributed by atoms with van der Waals surface area (Å²) in [6.07, 6.45) is 3.65. The van der Waals surface area contributed by atoms with Crippen LogP contribution >= 0.6 is 11.6 Å². The normalized spacial score (nSPS) is 17.5. The maximum Gasteiger partial charge on any atom is 0.238 e. The van der Waals surface area contributed by atoms with Crippen LogP contribution in [0, 0.1) is 5.92 Å². The number of carbonyl (C=O) groups excluding carboxylic acids is 1. The van der Waals surface area contributed by atoms with Crippen molar-refractivity contribution in [1.82, 2.24) is 4.98 Å². The summed E-state index contributed by atoms with van der Waals surface area (Å²) in [4.78, 5) is 19.5. The van der Waals surface area contributed by atoms with E-state index >= 15 is 0 Å². The minimum atomic E-state index is -3.83. The van der Waals surface area contributed by atoms with E-state index in [9.17, 15) is 13.2 Å². The number of anilines is 1. The fourth-order valence-electron chi connectivity index (χ4n) is 4.52. The smallest absolute Gasteiger partial charge is 0.238 e. The Morgan fingerprint density at radius 2 is 1.84 bits per heavy atom. The lowest BCUT2D eigenvalue weighted by molar-refractivity contribution is -0.122. The van der Waals surface area contributed by atoms with E-state index in [-0.39, 0.29) is 16.7 Å². The number of rotatable bonds is 3. The average molecular weight is 454 g/mol. The number of amides is 1. The van der Waals surface area contributed by atoms with Crippen LogP contribution in [-0.2, 0) is 34.1 Å². The van der Waals surface area contributed by atoms with Crippen LogP contribution < -0.4 is 10.0 Å². The summed E-state index contributed by atoms with van der Waals surface area (Å²) in [6.45, 7) is 0.537. The summed E-state index contributed by atoms with van der Waals surface area (Å²) in [6, 6.07) is 14.4. The highest BCUT2D eigenvalue weighted by atomic mass is 35.5. The van der Waals surface area contributed by atoms with Crippen molar-refractivity contribution in [3.05, 3.63) is 76.4 Å². The van der Waals surface area contributed by atoms with E-state index in [1.54, 1.807) is 17.2 Å². The average Bonchev–Trinajstić information content (AvgIpc) is 3.36. The molecule has 0 bridgehead atoms. The first kappa shape index (κ1) is 20.2. The summed E-state index contributed by atoms with van der Waals surface area (Å²) < 4.78 is 23.5. The Morgan fingerprint density at radius 1 is 1.06 bits per heavy atom. The van der Waals surface area contributed by atoms with E-state index in [1.807, 2.05) is 30.3 Å². The van der Waals surface area contributed by atoms with Gasteiger partial charge in [0, 0.05) is 29.9 Å². The molecule has 2 aliphatic rings. The minimum absolute atomic E-state index is 0.00275. The monoisotopic (exact) mass is 453 g/mol. The van der Waals surface area contributed by atoms with Crippen molar-refractivity contribution in [1.29, 1.82) is 0 Å². The van der Waals surface area contributed by atoms with Crippen molar-refractivity contribution in [2.45, 2.75) is 24.2 Å². The number of primary sulfonamides is 1. The Morgan fingerprint density at radius 3 is 2.55 bits per heavy atom. The molecule has 8 heteroatoms. The molecule has 0 spiro atoms. The first-order valence-corrected chi connectivity index (χ1v) is 11.9. The van der Waals surface area contributed by atoms with E-state index in [4.69, 9.17) is 16.7 Å². The van der Waals surface area contributed by atoms with Gasteiger partial charge in [-0.05, 0) is 72.4 Å². The van der Waals surface area contributed by atoms with Gasteiger partial charge in [-0.3, -0.25) is 9.78 Å². The van der Waals surface area contributed by atoms with Crippen molar-refractivity contribution >= 4 is 33.2 Å². The molecule has 1 unspecified atom stereocenters.